The van der Waals surface area contributed by atoms with Crippen LogP contribution in [0.4, 0.5) is 0 Å². The number of nitrogens with zero attached hydrogens (tertiary/aromatic N) is 2. The minimum Gasteiger partial charge on any atom is -0.356 e. The lowest BCUT2D eigenvalue weighted by molar-refractivity contribution is 0.341. The minimum absolute atomic E-state index is 0.720. The van der Waals surface area contributed by atoms with Crippen molar-refractivity contribution in [2.24, 2.45) is 5.16 Å². The molecule has 0 aliphatic carbocycles. The Balaban J connectivity index is 1.99. The van der Waals surface area contributed by atoms with Gasteiger partial charge in [0.15, 0.2) is 5.75 Å². The zero-order valence-electron chi connectivity index (χ0n) is 13.5. The van der Waals surface area contributed by atoms with Crippen molar-refractivity contribution >= 4 is 11.8 Å². The van der Waals surface area contributed by atoms with Gasteiger partial charge >= 0.3 is 0 Å². The van der Waals surface area contributed by atoms with Gasteiger partial charge in [0.1, 0.15) is 5.71 Å². The number of para-hydroxylation sites is 1. The number of benzene rings is 2. The van der Waals surface area contributed by atoms with E-state index in [0.29, 0.717) is 0 Å². The standard InChI is InChI=1S/C21H18N2O/c1-2-8-17-9-6-7-12-20(17)24-23-21(18-10-4-3-5-11-18)19-13-15-22-16-14-19/h2-16H,1H3. The summed E-state index contributed by atoms with van der Waals surface area (Å²) in [5.41, 5.74) is 3.71. The van der Waals surface area contributed by atoms with E-state index in [1.165, 1.54) is 0 Å². The van der Waals surface area contributed by atoms with Crippen LogP contribution >= 0.6 is 0 Å². The molecule has 1 heterocycles. The molecule has 0 aliphatic rings. The Bertz CT molecular complexity index is 798. The summed E-state index contributed by atoms with van der Waals surface area (Å²) in [6, 6.07) is 21.7. The van der Waals surface area contributed by atoms with Crippen molar-refractivity contribution in [3.63, 3.8) is 0 Å². The van der Waals surface area contributed by atoms with Gasteiger partial charge in [0, 0.05) is 29.1 Å². The summed E-state index contributed by atoms with van der Waals surface area (Å²) in [5.74, 6) is 0.720. The van der Waals surface area contributed by atoms with E-state index in [1.54, 1.807) is 12.4 Å². The highest BCUT2D eigenvalue weighted by Crippen LogP contribution is 2.20. The van der Waals surface area contributed by atoms with Gasteiger partial charge in [-0.1, -0.05) is 65.8 Å². The zero-order chi connectivity index (χ0) is 16.6. The Hall–Kier alpha value is -3.20. The van der Waals surface area contributed by atoms with Gasteiger partial charge in [-0.15, -0.1) is 0 Å². The molecule has 24 heavy (non-hydrogen) atoms. The average molecular weight is 314 g/mol. The molecule has 0 saturated heterocycles. The second-order valence-corrected chi connectivity index (χ2v) is 5.17. The molecule has 118 valence electrons. The van der Waals surface area contributed by atoms with Crippen molar-refractivity contribution in [2.45, 2.75) is 6.92 Å². The molecule has 3 aromatic rings. The highest BCUT2D eigenvalue weighted by Gasteiger charge is 2.08. The average Bonchev–Trinajstić information content (AvgIpc) is 2.65. The molecule has 3 rings (SSSR count). The predicted octanol–water partition coefficient (Wildman–Crippen LogP) is 4.95. The van der Waals surface area contributed by atoms with Crippen LogP contribution in [0.25, 0.3) is 6.08 Å². The molecule has 3 nitrogen and oxygen atoms in total. The summed E-state index contributed by atoms with van der Waals surface area (Å²) in [6.07, 6.45) is 7.48. The number of allylic oxidation sites excluding steroid dienone is 1. The highest BCUT2D eigenvalue weighted by atomic mass is 16.6. The van der Waals surface area contributed by atoms with Crippen molar-refractivity contribution in [1.29, 1.82) is 0 Å². The normalized spacial score (nSPS) is 11.6. The maximum atomic E-state index is 5.78. The van der Waals surface area contributed by atoms with Crippen LogP contribution in [0.2, 0.25) is 0 Å². The molecule has 0 amide bonds. The van der Waals surface area contributed by atoms with E-state index in [-0.39, 0.29) is 0 Å². The molecule has 3 heteroatoms. The van der Waals surface area contributed by atoms with Crippen LogP contribution in [0, 0.1) is 0 Å². The SMILES string of the molecule is CC=Cc1ccccc1ON=C(c1ccccc1)c1ccncc1. The number of aromatic nitrogens is 1. The highest BCUT2D eigenvalue weighted by molar-refractivity contribution is 6.12. The first-order chi connectivity index (χ1) is 11.9. The second-order valence-electron chi connectivity index (χ2n) is 5.17. The second kappa shape index (κ2) is 7.88. The maximum Gasteiger partial charge on any atom is 0.165 e. The minimum atomic E-state index is 0.720. The molecule has 0 atom stereocenters. The van der Waals surface area contributed by atoms with E-state index in [2.05, 4.69) is 10.1 Å². The summed E-state index contributed by atoms with van der Waals surface area (Å²) < 4.78 is 0. The fourth-order valence-corrected chi connectivity index (χ4v) is 2.35. The van der Waals surface area contributed by atoms with Gasteiger partial charge in [-0.25, -0.2) is 0 Å². The molecule has 0 fully saturated rings. The summed E-state index contributed by atoms with van der Waals surface area (Å²) >= 11 is 0. The van der Waals surface area contributed by atoms with Crippen molar-refractivity contribution in [3.05, 3.63) is 102 Å². The van der Waals surface area contributed by atoms with Gasteiger partial charge in [0.05, 0.1) is 0 Å². The molecular weight excluding hydrogens is 296 g/mol. The van der Waals surface area contributed by atoms with Crippen molar-refractivity contribution in [2.75, 3.05) is 0 Å². The number of pyridine rings is 1. The van der Waals surface area contributed by atoms with E-state index in [9.17, 15) is 0 Å². The number of rotatable bonds is 5. The van der Waals surface area contributed by atoms with Gasteiger partial charge in [-0.2, -0.15) is 0 Å². The van der Waals surface area contributed by atoms with E-state index >= 15 is 0 Å². The van der Waals surface area contributed by atoms with Gasteiger partial charge in [-0.05, 0) is 25.1 Å². The first-order valence-electron chi connectivity index (χ1n) is 7.81. The van der Waals surface area contributed by atoms with Crippen molar-refractivity contribution in [1.82, 2.24) is 4.98 Å². The molecule has 0 spiro atoms. The van der Waals surface area contributed by atoms with Gasteiger partial charge in [-0.3, -0.25) is 4.98 Å². The fourth-order valence-electron chi connectivity index (χ4n) is 2.35. The molecule has 0 N–H and O–H groups in total. The topological polar surface area (TPSA) is 34.5 Å². The lowest BCUT2D eigenvalue weighted by Crippen LogP contribution is -2.05. The summed E-state index contributed by atoms with van der Waals surface area (Å²) in [6.45, 7) is 1.98. The first-order valence-corrected chi connectivity index (χ1v) is 7.81. The zero-order valence-corrected chi connectivity index (χ0v) is 13.5. The molecule has 0 aliphatic heterocycles. The lowest BCUT2D eigenvalue weighted by Gasteiger charge is -2.08. The van der Waals surface area contributed by atoms with Crippen molar-refractivity contribution < 1.29 is 4.84 Å². The fraction of sp³-hybridized carbons (Fsp3) is 0.0476. The van der Waals surface area contributed by atoms with Gasteiger partial charge < -0.3 is 4.84 Å². The predicted molar refractivity (Wildman–Crippen MR) is 98.1 cm³/mol. The van der Waals surface area contributed by atoms with Gasteiger partial charge in [0.2, 0.25) is 0 Å². The van der Waals surface area contributed by atoms with Crippen LogP contribution < -0.4 is 4.84 Å². The van der Waals surface area contributed by atoms with Crippen LogP contribution in [0.3, 0.4) is 0 Å². The number of hydrogen-bond donors (Lipinski definition) is 0. The Labute approximate surface area is 141 Å². The molecule has 0 unspecified atom stereocenters. The van der Waals surface area contributed by atoms with Crippen LogP contribution in [-0.4, -0.2) is 10.7 Å². The third-order valence-corrected chi connectivity index (χ3v) is 3.50. The largest absolute Gasteiger partial charge is 0.356 e. The smallest absolute Gasteiger partial charge is 0.165 e. The molecule has 0 saturated carbocycles. The van der Waals surface area contributed by atoms with Crippen molar-refractivity contribution in [3.8, 4) is 5.75 Å². The molecule has 0 radical (unpaired) electrons. The molecular formula is C21H18N2O. The Morgan fingerprint density at radius 3 is 2.29 bits per heavy atom. The number of oxime groups is 1. The van der Waals surface area contributed by atoms with E-state index in [0.717, 1.165) is 28.2 Å². The number of hydrogen-bond acceptors (Lipinski definition) is 3. The van der Waals surface area contributed by atoms with Crippen LogP contribution in [0.15, 0.2) is 90.4 Å². The van der Waals surface area contributed by atoms with Crippen LogP contribution in [0.5, 0.6) is 5.75 Å². The Morgan fingerprint density at radius 2 is 1.54 bits per heavy atom. The lowest BCUT2D eigenvalue weighted by atomic mass is 10.0. The van der Waals surface area contributed by atoms with Crippen LogP contribution in [-0.2, 0) is 0 Å². The summed E-state index contributed by atoms with van der Waals surface area (Å²) in [7, 11) is 0. The maximum absolute atomic E-state index is 5.78. The van der Waals surface area contributed by atoms with Gasteiger partial charge in [0.25, 0.3) is 0 Å². The van der Waals surface area contributed by atoms with Crippen LogP contribution in [0.1, 0.15) is 23.6 Å². The first kappa shape index (κ1) is 15.7. The Morgan fingerprint density at radius 1 is 0.875 bits per heavy atom. The third kappa shape index (κ3) is 3.76. The Kier molecular flexibility index (Phi) is 5.15. The summed E-state index contributed by atoms with van der Waals surface area (Å²) in [4.78, 5) is 9.85. The third-order valence-electron chi connectivity index (χ3n) is 3.50. The summed E-state index contributed by atoms with van der Waals surface area (Å²) in [5, 5.41) is 4.43. The molecule has 0 bridgehead atoms. The molecule has 1 aromatic heterocycles. The van der Waals surface area contributed by atoms with E-state index < -0.39 is 0 Å². The van der Waals surface area contributed by atoms with E-state index in [4.69, 9.17) is 4.84 Å². The molecule has 2 aromatic carbocycles. The monoisotopic (exact) mass is 314 g/mol. The quantitative estimate of drug-likeness (QED) is 0.493. The van der Waals surface area contributed by atoms with E-state index in [1.807, 2.05) is 85.8 Å².